The van der Waals surface area contributed by atoms with Gasteiger partial charge in [0.2, 0.25) is 0 Å². The number of rotatable bonds is 1. The summed E-state index contributed by atoms with van der Waals surface area (Å²) in [4.78, 5) is 12.8. The summed E-state index contributed by atoms with van der Waals surface area (Å²) in [6.45, 7) is 1.89. The van der Waals surface area contributed by atoms with Gasteiger partial charge in [0.05, 0.1) is 17.1 Å². The van der Waals surface area contributed by atoms with E-state index in [0.717, 1.165) is 17.1 Å². The summed E-state index contributed by atoms with van der Waals surface area (Å²) in [7, 11) is 0. The molecular weight excluding hydrogens is 300 g/mol. The second kappa shape index (κ2) is 4.76. The number of carbonyl (C=O) groups is 1. The maximum Gasteiger partial charge on any atom is 0.294 e. The predicted octanol–water partition coefficient (Wildman–Crippen LogP) is 3.27. The third-order valence-corrected chi connectivity index (χ3v) is 3.95. The smallest absolute Gasteiger partial charge is 0.294 e. The van der Waals surface area contributed by atoms with E-state index in [1.807, 2.05) is 43.3 Å². The fourth-order valence-electron chi connectivity index (χ4n) is 2.73. The van der Waals surface area contributed by atoms with E-state index in [2.05, 4.69) is 10.9 Å². The Bertz CT molecular complexity index is 817. The molecule has 2 aromatic carbocycles. The number of nitrogens with one attached hydrogen (secondary N) is 2. The predicted molar refractivity (Wildman–Crippen MR) is 87.3 cm³/mol. The molecule has 0 aliphatic carbocycles. The fraction of sp³-hybridized carbons (Fsp3) is 0.0625. The van der Waals surface area contributed by atoms with Crippen molar-refractivity contribution in [3.8, 4) is 0 Å². The zero-order chi connectivity index (χ0) is 15.3. The van der Waals surface area contributed by atoms with E-state index < -0.39 is 0 Å². The van der Waals surface area contributed by atoms with Gasteiger partial charge in [-0.15, -0.1) is 5.53 Å². The quantitative estimate of drug-likeness (QED) is 0.848. The van der Waals surface area contributed by atoms with Crippen LogP contribution in [-0.4, -0.2) is 5.91 Å². The number of hydrogen-bond acceptors (Lipinski definition) is 4. The van der Waals surface area contributed by atoms with Crippen LogP contribution in [0.3, 0.4) is 0 Å². The van der Waals surface area contributed by atoms with Gasteiger partial charge in [0.25, 0.3) is 5.91 Å². The number of fused-ring (bicyclic) bond motifs is 3. The molecule has 0 spiro atoms. The Kier molecular flexibility index (Phi) is 2.85. The van der Waals surface area contributed by atoms with Crippen molar-refractivity contribution in [3.05, 3.63) is 64.9 Å². The van der Waals surface area contributed by atoms with Crippen molar-refractivity contribution in [2.75, 3.05) is 15.3 Å². The highest BCUT2D eigenvalue weighted by Gasteiger charge is 2.39. The van der Waals surface area contributed by atoms with Crippen LogP contribution in [0.1, 0.15) is 6.92 Å². The SMILES string of the molecule is CC1=C2C(=O)N(c3cccc(Cl)c3)NN2c2ccccc2N1. The summed E-state index contributed by atoms with van der Waals surface area (Å²) in [5.74, 6) is -0.123. The molecule has 0 atom stereocenters. The van der Waals surface area contributed by atoms with E-state index in [1.165, 1.54) is 5.01 Å². The number of para-hydroxylation sites is 2. The van der Waals surface area contributed by atoms with E-state index in [1.54, 1.807) is 17.1 Å². The van der Waals surface area contributed by atoms with Gasteiger partial charge in [-0.1, -0.05) is 29.8 Å². The first-order valence-corrected chi connectivity index (χ1v) is 7.26. The van der Waals surface area contributed by atoms with E-state index in [4.69, 9.17) is 11.6 Å². The fourth-order valence-corrected chi connectivity index (χ4v) is 2.91. The van der Waals surface area contributed by atoms with Crippen molar-refractivity contribution in [2.24, 2.45) is 0 Å². The Morgan fingerprint density at radius 2 is 1.86 bits per heavy atom. The molecule has 0 aromatic heterocycles. The number of carbonyl (C=O) groups excluding carboxylic acids is 1. The van der Waals surface area contributed by atoms with Gasteiger partial charge in [0.15, 0.2) is 0 Å². The summed E-state index contributed by atoms with van der Waals surface area (Å²) in [5, 5.41) is 7.14. The van der Waals surface area contributed by atoms with E-state index in [0.29, 0.717) is 16.4 Å². The number of nitrogens with zero attached hydrogens (tertiary/aromatic N) is 2. The lowest BCUT2D eigenvalue weighted by Crippen LogP contribution is -2.41. The summed E-state index contributed by atoms with van der Waals surface area (Å²) < 4.78 is 0. The third kappa shape index (κ3) is 1.87. The molecule has 1 amide bonds. The number of hydrogen-bond donors (Lipinski definition) is 2. The van der Waals surface area contributed by atoms with Gasteiger partial charge in [0.1, 0.15) is 5.70 Å². The summed E-state index contributed by atoms with van der Waals surface area (Å²) in [6.07, 6.45) is 0. The van der Waals surface area contributed by atoms with Crippen LogP contribution in [0.25, 0.3) is 0 Å². The van der Waals surface area contributed by atoms with Gasteiger partial charge in [-0.25, -0.2) is 10.0 Å². The Labute approximate surface area is 132 Å². The van der Waals surface area contributed by atoms with E-state index >= 15 is 0 Å². The lowest BCUT2D eigenvalue weighted by Gasteiger charge is -2.28. The molecule has 0 radical (unpaired) electrons. The Morgan fingerprint density at radius 1 is 1.05 bits per heavy atom. The van der Waals surface area contributed by atoms with Crippen molar-refractivity contribution >= 4 is 34.6 Å². The molecule has 0 saturated carbocycles. The molecule has 110 valence electrons. The largest absolute Gasteiger partial charge is 0.355 e. The van der Waals surface area contributed by atoms with Gasteiger partial charge < -0.3 is 5.32 Å². The second-order valence-electron chi connectivity index (χ2n) is 5.17. The van der Waals surface area contributed by atoms with Crippen LogP contribution >= 0.6 is 11.6 Å². The molecule has 2 aromatic rings. The molecule has 2 N–H and O–H groups in total. The van der Waals surface area contributed by atoms with Crippen molar-refractivity contribution in [1.29, 1.82) is 0 Å². The topological polar surface area (TPSA) is 47.6 Å². The van der Waals surface area contributed by atoms with Crippen LogP contribution in [-0.2, 0) is 4.79 Å². The van der Waals surface area contributed by atoms with Crippen molar-refractivity contribution in [1.82, 2.24) is 5.53 Å². The summed E-state index contributed by atoms with van der Waals surface area (Å²) in [5.41, 5.74) is 7.08. The Morgan fingerprint density at radius 3 is 2.68 bits per heavy atom. The first-order chi connectivity index (χ1) is 10.6. The van der Waals surface area contributed by atoms with Crippen molar-refractivity contribution in [2.45, 2.75) is 6.92 Å². The Hall–Kier alpha value is -2.50. The van der Waals surface area contributed by atoms with Crippen LogP contribution in [0.4, 0.5) is 17.1 Å². The molecule has 2 aliphatic rings. The molecule has 4 rings (SSSR count). The average Bonchev–Trinajstić information content (AvgIpc) is 2.86. The highest BCUT2D eigenvalue weighted by molar-refractivity contribution is 6.31. The van der Waals surface area contributed by atoms with Crippen LogP contribution < -0.4 is 20.9 Å². The zero-order valence-electron chi connectivity index (χ0n) is 11.8. The number of benzene rings is 2. The normalized spacial score (nSPS) is 16.5. The molecule has 2 aliphatic heterocycles. The standard InChI is InChI=1S/C16H13ClN4O/c1-10-15-16(22)20(12-6-4-5-11(17)9-12)19-21(15)14-8-3-2-7-13(14)18-10/h2-9,18-19H,1H3. The lowest BCUT2D eigenvalue weighted by molar-refractivity contribution is -0.114. The minimum absolute atomic E-state index is 0.123. The number of allylic oxidation sites excluding steroid dienone is 1. The third-order valence-electron chi connectivity index (χ3n) is 3.72. The molecule has 22 heavy (non-hydrogen) atoms. The minimum atomic E-state index is -0.123. The number of halogens is 1. The first-order valence-electron chi connectivity index (χ1n) is 6.88. The van der Waals surface area contributed by atoms with Gasteiger partial charge in [-0.05, 0) is 37.3 Å². The van der Waals surface area contributed by atoms with Crippen LogP contribution in [0, 0.1) is 0 Å². The van der Waals surface area contributed by atoms with Crippen LogP contribution in [0.2, 0.25) is 5.02 Å². The summed E-state index contributed by atoms with van der Waals surface area (Å²) >= 11 is 6.03. The molecule has 5 nitrogen and oxygen atoms in total. The van der Waals surface area contributed by atoms with Gasteiger partial charge in [0, 0.05) is 10.7 Å². The molecule has 6 heteroatoms. The maximum atomic E-state index is 12.8. The Balaban J connectivity index is 1.80. The first kappa shape index (κ1) is 13.2. The van der Waals surface area contributed by atoms with Crippen LogP contribution in [0.15, 0.2) is 59.9 Å². The highest BCUT2D eigenvalue weighted by atomic mass is 35.5. The average molecular weight is 313 g/mol. The lowest BCUT2D eigenvalue weighted by atomic mass is 10.1. The van der Waals surface area contributed by atoms with Gasteiger partial charge >= 0.3 is 0 Å². The van der Waals surface area contributed by atoms with Gasteiger partial charge in [-0.2, -0.15) is 0 Å². The number of amides is 1. The second-order valence-corrected chi connectivity index (χ2v) is 5.61. The molecule has 1 fully saturated rings. The van der Waals surface area contributed by atoms with Crippen molar-refractivity contribution in [3.63, 3.8) is 0 Å². The molecule has 0 unspecified atom stereocenters. The number of hydrazine groups is 2. The zero-order valence-corrected chi connectivity index (χ0v) is 12.6. The van der Waals surface area contributed by atoms with Crippen LogP contribution in [0.5, 0.6) is 0 Å². The number of anilines is 3. The van der Waals surface area contributed by atoms with Gasteiger partial charge in [-0.3, -0.25) is 4.79 Å². The van der Waals surface area contributed by atoms with E-state index in [9.17, 15) is 4.79 Å². The molecule has 0 bridgehead atoms. The molecule has 2 heterocycles. The highest BCUT2D eigenvalue weighted by Crippen LogP contribution is 2.38. The van der Waals surface area contributed by atoms with Crippen molar-refractivity contribution < 1.29 is 4.79 Å². The molecular formula is C16H13ClN4O. The summed E-state index contributed by atoms with van der Waals surface area (Å²) in [6, 6.07) is 15.0. The molecule has 1 saturated heterocycles. The van der Waals surface area contributed by atoms with E-state index in [-0.39, 0.29) is 5.91 Å². The minimum Gasteiger partial charge on any atom is -0.355 e. The maximum absolute atomic E-state index is 12.8. The monoisotopic (exact) mass is 312 g/mol.